The molecule has 0 unspecified atom stereocenters. The lowest BCUT2D eigenvalue weighted by molar-refractivity contribution is 0.145. The van der Waals surface area contributed by atoms with E-state index in [4.69, 9.17) is 5.11 Å². The first-order valence-electron chi connectivity index (χ1n) is 4.46. The van der Waals surface area contributed by atoms with Gasteiger partial charge >= 0.3 is 6.09 Å². The Balaban J connectivity index is 2.87. The van der Waals surface area contributed by atoms with Gasteiger partial charge in [0, 0.05) is 11.0 Å². The van der Waals surface area contributed by atoms with Gasteiger partial charge in [0.05, 0.1) is 6.54 Å². The first kappa shape index (κ1) is 12.0. The molecule has 0 radical (unpaired) electrons. The molecule has 82 valence electrons. The van der Waals surface area contributed by atoms with Gasteiger partial charge in [-0.2, -0.15) is 0 Å². The Labute approximate surface area is 95.6 Å². The number of hydrogen-bond acceptors (Lipinski definition) is 1. The summed E-state index contributed by atoms with van der Waals surface area (Å²) in [6.07, 6.45) is -1.01. The summed E-state index contributed by atoms with van der Waals surface area (Å²) >= 11 is 3.25. The Morgan fingerprint density at radius 1 is 1.60 bits per heavy atom. The summed E-state index contributed by atoms with van der Waals surface area (Å²) in [5.74, 6) is -0.366. The van der Waals surface area contributed by atoms with Crippen LogP contribution in [0.4, 0.5) is 9.18 Å². The first-order chi connectivity index (χ1) is 7.04. The Bertz CT molecular complexity index is 370. The van der Waals surface area contributed by atoms with Crippen LogP contribution in [0.3, 0.4) is 0 Å². The van der Waals surface area contributed by atoms with Crippen LogP contribution in [0.15, 0.2) is 22.7 Å². The van der Waals surface area contributed by atoms with E-state index < -0.39 is 6.09 Å². The lowest BCUT2D eigenvalue weighted by Gasteiger charge is -2.17. The molecule has 0 heterocycles. The van der Waals surface area contributed by atoms with Crippen LogP contribution in [0.2, 0.25) is 0 Å². The van der Waals surface area contributed by atoms with Crippen molar-refractivity contribution in [3.8, 4) is 0 Å². The average molecular weight is 276 g/mol. The average Bonchev–Trinajstić information content (AvgIpc) is 2.18. The number of rotatable bonds is 3. The number of nitrogens with zero attached hydrogens (tertiary/aromatic N) is 1. The van der Waals surface area contributed by atoms with Crippen molar-refractivity contribution >= 4 is 22.0 Å². The maximum atomic E-state index is 12.9. The van der Waals surface area contributed by atoms with Gasteiger partial charge in [0.1, 0.15) is 5.82 Å². The Morgan fingerprint density at radius 2 is 2.27 bits per heavy atom. The summed E-state index contributed by atoms with van der Waals surface area (Å²) in [7, 11) is 0. The van der Waals surface area contributed by atoms with E-state index in [9.17, 15) is 9.18 Å². The highest BCUT2D eigenvalue weighted by Crippen LogP contribution is 2.19. The second kappa shape index (κ2) is 5.11. The number of carbonyl (C=O) groups is 1. The predicted octanol–water partition coefficient (Wildman–Crippen LogP) is 3.09. The van der Waals surface area contributed by atoms with Gasteiger partial charge in [-0.3, -0.25) is 0 Å². The van der Waals surface area contributed by atoms with E-state index in [1.807, 2.05) is 0 Å². The molecule has 0 saturated carbocycles. The van der Waals surface area contributed by atoms with Crippen molar-refractivity contribution in [3.05, 3.63) is 34.1 Å². The second-order valence-electron chi connectivity index (χ2n) is 3.03. The molecule has 0 aliphatic carbocycles. The fraction of sp³-hybridized carbons (Fsp3) is 0.300. The molecular formula is C10H11BrFNO2. The second-order valence-corrected chi connectivity index (χ2v) is 3.89. The van der Waals surface area contributed by atoms with E-state index in [-0.39, 0.29) is 12.4 Å². The summed E-state index contributed by atoms with van der Waals surface area (Å²) in [5.41, 5.74) is 0.624. The van der Waals surface area contributed by atoms with Gasteiger partial charge in [0.15, 0.2) is 0 Å². The van der Waals surface area contributed by atoms with Crippen LogP contribution in [-0.2, 0) is 6.54 Å². The molecule has 1 rings (SSSR count). The standard InChI is InChI=1S/C10H11BrFNO2/c1-2-13(10(14)15)6-7-5-8(12)3-4-9(7)11/h3-5H,2,6H2,1H3,(H,14,15). The van der Waals surface area contributed by atoms with Crippen LogP contribution in [-0.4, -0.2) is 22.6 Å². The van der Waals surface area contributed by atoms with Gasteiger partial charge in [-0.1, -0.05) is 15.9 Å². The van der Waals surface area contributed by atoms with Crippen molar-refractivity contribution in [2.75, 3.05) is 6.54 Å². The van der Waals surface area contributed by atoms with Crippen LogP contribution < -0.4 is 0 Å². The maximum absolute atomic E-state index is 12.9. The maximum Gasteiger partial charge on any atom is 0.407 e. The van der Waals surface area contributed by atoms with Gasteiger partial charge in [-0.15, -0.1) is 0 Å². The van der Waals surface area contributed by atoms with E-state index in [1.54, 1.807) is 13.0 Å². The SMILES string of the molecule is CCN(Cc1cc(F)ccc1Br)C(=O)O. The molecule has 3 nitrogen and oxygen atoms in total. The highest BCUT2D eigenvalue weighted by molar-refractivity contribution is 9.10. The number of amides is 1. The van der Waals surface area contributed by atoms with Crippen molar-refractivity contribution in [2.45, 2.75) is 13.5 Å². The Morgan fingerprint density at radius 3 is 2.80 bits per heavy atom. The van der Waals surface area contributed by atoms with E-state index in [1.165, 1.54) is 17.0 Å². The van der Waals surface area contributed by atoms with E-state index in [0.29, 0.717) is 16.6 Å². The minimum absolute atomic E-state index is 0.185. The van der Waals surface area contributed by atoms with Crippen molar-refractivity contribution in [2.24, 2.45) is 0 Å². The minimum Gasteiger partial charge on any atom is -0.465 e. The fourth-order valence-corrected chi connectivity index (χ4v) is 1.56. The zero-order chi connectivity index (χ0) is 11.4. The van der Waals surface area contributed by atoms with E-state index in [2.05, 4.69) is 15.9 Å². The third-order valence-corrected chi connectivity index (χ3v) is 2.79. The molecule has 0 atom stereocenters. The van der Waals surface area contributed by atoms with Crippen molar-refractivity contribution in [1.82, 2.24) is 4.90 Å². The zero-order valence-corrected chi connectivity index (χ0v) is 9.79. The Hall–Kier alpha value is -1.10. The van der Waals surface area contributed by atoms with Gasteiger partial charge in [-0.25, -0.2) is 9.18 Å². The molecule has 0 aliphatic rings. The molecule has 1 amide bonds. The van der Waals surface area contributed by atoms with Crippen molar-refractivity contribution in [1.29, 1.82) is 0 Å². The molecule has 0 bridgehead atoms. The van der Waals surface area contributed by atoms with Crippen molar-refractivity contribution < 1.29 is 14.3 Å². The third-order valence-electron chi connectivity index (χ3n) is 2.02. The lowest BCUT2D eigenvalue weighted by atomic mass is 10.2. The normalized spacial score (nSPS) is 10.1. The number of carboxylic acid groups (broad SMARTS) is 1. The molecule has 15 heavy (non-hydrogen) atoms. The highest BCUT2D eigenvalue weighted by Gasteiger charge is 2.12. The summed E-state index contributed by atoms with van der Waals surface area (Å²) in [6.45, 7) is 2.30. The monoisotopic (exact) mass is 275 g/mol. The fourth-order valence-electron chi connectivity index (χ4n) is 1.18. The molecule has 1 aromatic rings. The smallest absolute Gasteiger partial charge is 0.407 e. The molecule has 0 saturated heterocycles. The van der Waals surface area contributed by atoms with Crippen molar-refractivity contribution in [3.63, 3.8) is 0 Å². The molecule has 0 fully saturated rings. The molecule has 1 aromatic carbocycles. The lowest BCUT2D eigenvalue weighted by Crippen LogP contribution is -2.28. The third kappa shape index (κ3) is 3.20. The highest BCUT2D eigenvalue weighted by atomic mass is 79.9. The summed E-state index contributed by atoms with van der Waals surface area (Å²) in [6, 6.07) is 4.22. The molecule has 0 aliphatic heterocycles. The zero-order valence-electron chi connectivity index (χ0n) is 8.20. The van der Waals surface area contributed by atoms with Gasteiger partial charge in [0.2, 0.25) is 0 Å². The summed E-state index contributed by atoms with van der Waals surface area (Å²) in [4.78, 5) is 12.0. The van der Waals surface area contributed by atoms with Crippen LogP contribution in [0.1, 0.15) is 12.5 Å². The molecular weight excluding hydrogens is 265 g/mol. The van der Waals surface area contributed by atoms with Gasteiger partial charge < -0.3 is 10.0 Å². The van der Waals surface area contributed by atoms with E-state index >= 15 is 0 Å². The topological polar surface area (TPSA) is 40.5 Å². The Kier molecular flexibility index (Phi) is 4.08. The molecule has 0 aromatic heterocycles. The van der Waals surface area contributed by atoms with Crippen LogP contribution in [0, 0.1) is 5.82 Å². The predicted molar refractivity (Wildman–Crippen MR) is 58.2 cm³/mol. The van der Waals surface area contributed by atoms with E-state index in [0.717, 1.165) is 0 Å². The first-order valence-corrected chi connectivity index (χ1v) is 5.25. The van der Waals surface area contributed by atoms with Crippen LogP contribution >= 0.6 is 15.9 Å². The molecule has 5 heteroatoms. The summed E-state index contributed by atoms with van der Waals surface area (Å²) in [5, 5.41) is 8.81. The van der Waals surface area contributed by atoms with Gasteiger partial charge in [0.25, 0.3) is 0 Å². The van der Waals surface area contributed by atoms with Gasteiger partial charge in [-0.05, 0) is 30.7 Å². The number of halogens is 2. The summed E-state index contributed by atoms with van der Waals surface area (Å²) < 4.78 is 13.6. The molecule has 0 spiro atoms. The van der Waals surface area contributed by atoms with Crippen LogP contribution in [0.5, 0.6) is 0 Å². The quantitative estimate of drug-likeness (QED) is 0.921. The van der Waals surface area contributed by atoms with Crippen LogP contribution in [0.25, 0.3) is 0 Å². The minimum atomic E-state index is -1.01. The largest absolute Gasteiger partial charge is 0.465 e. The molecule has 1 N–H and O–H groups in total. The number of hydrogen-bond donors (Lipinski definition) is 1. The number of benzene rings is 1.